The van der Waals surface area contributed by atoms with Crippen LogP contribution >= 0.6 is 23.2 Å². The zero-order chi connectivity index (χ0) is 15.0. The number of benzene rings is 2. The molecule has 0 unspecified atom stereocenters. The molecule has 0 bridgehead atoms. The molecule has 0 aliphatic carbocycles. The molecule has 3 nitrogen and oxygen atoms in total. The number of carboxylic acid groups (broad SMARTS) is 1. The molecule has 0 radical (unpaired) electrons. The lowest BCUT2D eigenvalue weighted by atomic mass is 10.1. The van der Waals surface area contributed by atoms with Crippen LogP contribution < -0.4 is 0 Å². The SMILES string of the molecule is O=C(O)c1cccc2c1ccn2Cc1cccc(Cl)c1Cl. The minimum Gasteiger partial charge on any atom is -0.478 e. The van der Waals surface area contributed by atoms with Gasteiger partial charge in [0.25, 0.3) is 0 Å². The molecule has 106 valence electrons. The first-order chi connectivity index (χ1) is 10.1. The molecule has 1 aromatic heterocycles. The Bertz CT molecular complexity index is 839. The minimum atomic E-state index is -0.931. The Hall–Kier alpha value is -1.97. The highest BCUT2D eigenvalue weighted by molar-refractivity contribution is 6.42. The van der Waals surface area contributed by atoms with Gasteiger partial charge < -0.3 is 9.67 Å². The van der Waals surface area contributed by atoms with Gasteiger partial charge in [-0.3, -0.25) is 0 Å². The van der Waals surface area contributed by atoms with Crippen LogP contribution in [0.4, 0.5) is 0 Å². The van der Waals surface area contributed by atoms with Gasteiger partial charge in [0.05, 0.1) is 15.6 Å². The molecule has 2 aromatic carbocycles. The summed E-state index contributed by atoms with van der Waals surface area (Å²) in [5, 5.41) is 11.0. The van der Waals surface area contributed by atoms with Crippen LogP contribution in [0.15, 0.2) is 48.7 Å². The highest BCUT2D eigenvalue weighted by Crippen LogP contribution is 2.28. The maximum absolute atomic E-state index is 11.2. The summed E-state index contributed by atoms with van der Waals surface area (Å²) in [5.74, 6) is -0.931. The van der Waals surface area contributed by atoms with E-state index in [0.29, 0.717) is 27.5 Å². The van der Waals surface area contributed by atoms with E-state index in [1.54, 1.807) is 24.3 Å². The predicted octanol–water partition coefficient (Wildman–Crippen LogP) is 4.69. The molecule has 0 amide bonds. The van der Waals surface area contributed by atoms with Crippen molar-refractivity contribution in [2.75, 3.05) is 0 Å². The predicted molar refractivity (Wildman–Crippen MR) is 84.5 cm³/mol. The number of hydrogen-bond acceptors (Lipinski definition) is 1. The second-order valence-electron chi connectivity index (χ2n) is 4.70. The lowest BCUT2D eigenvalue weighted by Crippen LogP contribution is -2.00. The van der Waals surface area contributed by atoms with E-state index < -0.39 is 5.97 Å². The fourth-order valence-electron chi connectivity index (χ4n) is 2.40. The maximum Gasteiger partial charge on any atom is 0.336 e. The van der Waals surface area contributed by atoms with E-state index in [2.05, 4.69) is 0 Å². The molecule has 0 saturated heterocycles. The zero-order valence-electron chi connectivity index (χ0n) is 10.9. The van der Waals surface area contributed by atoms with Crippen LogP contribution in [0.1, 0.15) is 15.9 Å². The van der Waals surface area contributed by atoms with Crippen LogP contribution in [0.3, 0.4) is 0 Å². The third-order valence-corrected chi connectivity index (χ3v) is 4.27. The van der Waals surface area contributed by atoms with Crippen molar-refractivity contribution >= 4 is 40.1 Å². The summed E-state index contributed by atoms with van der Waals surface area (Å²) in [4.78, 5) is 11.2. The number of carboxylic acids is 1. The molecule has 0 spiro atoms. The van der Waals surface area contributed by atoms with Crippen molar-refractivity contribution in [2.24, 2.45) is 0 Å². The number of rotatable bonds is 3. The van der Waals surface area contributed by atoms with Gasteiger partial charge in [0.1, 0.15) is 0 Å². The van der Waals surface area contributed by atoms with E-state index in [-0.39, 0.29) is 0 Å². The summed E-state index contributed by atoms with van der Waals surface area (Å²) < 4.78 is 1.96. The molecule has 0 fully saturated rings. The first kappa shape index (κ1) is 14.0. The van der Waals surface area contributed by atoms with Crippen molar-refractivity contribution in [2.45, 2.75) is 6.54 Å². The smallest absolute Gasteiger partial charge is 0.336 e. The molecular formula is C16H11Cl2NO2. The molecule has 5 heteroatoms. The third-order valence-electron chi connectivity index (χ3n) is 3.42. The van der Waals surface area contributed by atoms with Gasteiger partial charge in [0.2, 0.25) is 0 Å². The van der Waals surface area contributed by atoms with Crippen molar-refractivity contribution in [3.8, 4) is 0 Å². The Balaban J connectivity index is 2.08. The Morgan fingerprint density at radius 1 is 1.10 bits per heavy atom. The van der Waals surface area contributed by atoms with Gasteiger partial charge in [-0.2, -0.15) is 0 Å². The van der Waals surface area contributed by atoms with Crippen LogP contribution in [0, 0.1) is 0 Å². The van der Waals surface area contributed by atoms with Crippen molar-refractivity contribution in [1.29, 1.82) is 0 Å². The van der Waals surface area contributed by atoms with Crippen molar-refractivity contribution in [3.63, 3.8) is 0 Å². The van der Waals surface area contributed by atoms with Gasteiger partial charge in [-0.1, -0.05) is 41.4 Å². The number of fused-ring (bicyclic) bond motifs is 1. The second-order valence-corrected chi connectivity index (χ2v) is 5.49. The van der Waals surface area contributed by atoms with Gasteiger partial charge in [0.15, 0.2) is 0 Å². The number of aromatic carboxylic acids is 1. The molecule has 0 aliphatic heterocycles. The fourth-order valence-corrected chi connectivity index (χ4v) is 2.78. The minimum absolute atomic E-state index is 0.295. The topological polar surface area (TPSA) is 42.2 Å². The maximum atomic E-state index is 11.2. The largest absolute Gasteiger partial charge is 0.478 e. The van der Waals surface area contributed by atoms with E-state index in [4.69, 9.17) is 23.2 Å². The van der Waals surface area contributed by atoms with Gasteiger partial charge in [-0.05, 0) is 29.8 Å². The lowest BCUT2D eigenvalue weighted by molar-refractivity contribution is 0.0699. The first-order valence-electron chi connectivity index (χ1n) is 6.32. The Kier molecular flexibility index (Phi) is 3.62. The number of nitrogens with zero attached hydrogens (tertiary/aromatic N) is 1. The van der Waals surface area contributed by atoms with E-state index in [0.717, 1.165) is 11.1 Å². The number of aromatic nitrogens is 1. The average molecular weight is 320 g/mol. The van der Waals surface area contributed by atoms with Crippen LogP contribution in [-0.4, -0.2) is 15.6 Å². The highest BCUT2D eigenvalue weighted by atomic mass is 35.5. The number of hydrogen-bond donors (Lipinski definition) is 1. The normalized spacial score (nSPS) is 11.0. The standard InChI is InChI=1S/C16H11Cl2NO2/c17-13-5-1-3-10(15(13)18)9-19-8-7-11-12(16(20)21)4-2-6-14(11)19/h1-8H,9H2,(H,20,21). The second kappa shape index (κ2) is 5.43. The number of halogens is 2. The van der Waals surface area contributed by atoms with Gasteiger partial charge in [-0.25, -0.2) is 4.79 Å². The molecule has 21 heavy (non-hydrogen) atoms. The van der Waals surface area contributed by atoms with Crippen LogP contribution in [0.2, 0.25) is 10.0 Å². The summed E-state index contributed by atoms with van der Waals surface area (Å²) in [7, 11) is 0. The highest BCUT2D eigenvalue weighted by Gasteiger charge is 2.12. The summed E-state index contributed by atoms with van der Waals surface area (Å²) >= 11 is 12.2. The van der Waals surface area contributed by atoms with E-state index in [9.17, 15) is 9.90 Å². The van der Waals surface area contributed by atoms with Crippen molar-refractivity contribution in [3.05, 3.63) is 69.8 Å². The molecule has 0 atom stereocenters. The molecule has 0 saturated carbocycles. The summed E-state index contributed by atoms with van der Waals surface area (Å²) in [6.07, 6.45) is 1.86. The van der Waals surface area contributed by atoms with Gasteiger partial charge in [-0.15, -0.1) is 0 Å². The summed E-state index contributed by atoms with van der Waals surface area (Å²) in [6.45, 7) is 0.534. The van der Waals surface area contributed by atoms with E-state index in [1.807, 2.05) is 29.0 Å². The molecule has 1 heterocycles. The number of carbonyl (C=O) groups is 1. The Morgan fingerprint density at radius 2 is 1.86 bits per heavy atom. The van der Waals surface area contributed by atoms with Crippen LogP contribution in [0.25, 0.3) is 10.9 Å². The molecule has 0 aliphatic rings. The zero-order valence-corrected chi connectivity index (χ0v) is 12.4. The molecular weight excluding hydrogens is 309 g/mol. The van der Waals surface area contributed by atoms with Crippen molar-refractivity contribution < 1.29 is 9.90 Å². The molecule has 3 rings (SSSR count). The van der Waals surface area contributed by atoms with E-state index >= 15 is 0 Å². The first-order valence-corrected chi connectivity index (χ1v) is 7.07. The molecule has 1 N–H and O–H groups in total. The summed E-state index contributed by atoms with van der Waals surface area (Å²) in [5.41, 5.74) is 2.04. The van der Waals surface area contributed by atoms with Gasteiger partial charge >= 0.3 is 5.97 Å². The average Bonchev–Trinajstić information content (AvgIpc) is 2.87. The van der Waals surface area contributed by atoms with Gasteiger partial charge in [0, 0.05) is 23.6 Å². The summed E-state index contributed by atoms with van der Waals surface area (Å²) in [6, 6.07) is 12.5. The van der Waals surface area contributed by atoms with Crippen LogP contribution in [-0.2, 0) is 6.54 Å². The van der Waals surface area contributed by atoms with Crippen molar-refractivity contribution in [1.82, 2.24) is 4.57 Å². The third kappa shape index (κ3) is 2.50. The molecule has 3 aromatic rings. The van der Waals surface area contributed by atoms with Crippen LogP contribution in [0.5, 0.6) is 0 Å². The lowest BCUT2D eigenvalue weighted by Gasteiger charge is -2.09. The monoisotopic (exact) mass is 319 g/mol. The Labute approximate surface area is 131 Å². The fraction of sp³-hybridized carbons (Fsp3) is 0.0625. The quantitative estimate of drug-likeness (QED) is 0.760. The van der Waals surface area contributed by atoms with E-state index in [1.165, 1.54) is 0 Å². The Morgan fingerprint density at radius 3 is 2.62 bits per heavy atom.